The molecule has 0 aromatic heterocycles. The van der Waals surface area contributed by atoms with Crippen LogP contribution in [-0.4, -0.2) is 39.6 Å². The molecule has 0 saturated carbocycles. The summed E-state index contributed by atoms with van der Waals surface area (Å²) < 4.78 is 29.7. The first-order chi connectivity index (χ1) is 9.79. The monoisotopic (exact) mass is 311 g/mol. The number of anilines is 1. The fourth-order valence-electron chi connectivity index (χ4n) is 2.28. The number of carbonyl (C=O) groups excluding carboxylic acids is 2. The van der Waals surface area contributed by atoms with E-state index >= 15 is 0 Å². The van der Waals surface area contributed by atoms with E-state index < -0.39 is 16.0 Å². The minimum Gasteiger partial charge on any atom is -0.454 e. The topological polar surface area (TPSA) is 80.8 Å². The molecule has 1 aliphatic heterocycles. The average molecular weight is 311 g/mol. The second kappa shape index (κ2) is 5.85. The van der Waals surface area contributed by atoms with Gasteiger partial charge in [0.2, 0.25) is 10.0 Å². The Morgan fingerprint density at radius 3 is 2.67 bits per heavy atom. The van der Waals surface area contributed by atoms with Crippen LogP contribution in [-0.2, 0) is 26.0 Å². The van der Waals surface area contributed by atoms with Crippen LogP contribution in [0.3, 0.4) is 0 Å². The maximum Gasteiger partial charge on any atom is 0.338 e. The first-order valence-electron chi connectivity index (χ1n) is 6.56. The number of aryl methyl sites for hydroxylation is 1. The Morgan fingerprint density at radius 2 is 2.05 bits per heavy atom. The van der Waals surface area contributed by atoms with Crippen LogP contribution in [0.5, 0.6) is 0 Å². The van der Waals surface area contributed by atoms with Gasteiger partial charge < -0.3 is 4.74 Å². The van der Waals surface area contributed by atoms with Crippen molar-refractivity contribution in [2.24, 2.45) is 0 Å². The molecule has 0 aliphatic carbocycles. The lowest BCUT2D eigenvalue weighted by Gasteiger charge is -2.29. The van der Waals surface area contributed by atoms with Gasteiger partial charge in [0.15, 0.2) is 5.78 Å². The lowest BCUT2D eigenvalue weighted by Crippen LogP contribution is -2.34. The summed E-state index contributed by atoms with van der Waals surface area (Å²) in [7, 11) is -3.32. The summed E-state index contributed by atoms with van der Waals surface area (Å²) in [5.41, 5.74) is 1.72. The molecule has 1 aromatic rings. The van der Waals surface area contributed by atoms with E-state index in [0.29, 0.717) is 30.6 Å². The number of carbonyl (C=O) groups is 2. The van der Waals surface area contributed by atoms with E-state index in [4.69, 9.17) is 4.74 Å². The fourth-order valence-corrected chi connectivity index (χ4v) is 3.28. The van der Waals surface area contributed by atoms with E-state index in [-0.39, 0.29) is 12.4 Å². The summed E-state index contributed by atoms with van der Waals surface area (Å²) in [4.78, 5) is 22.6. The Balaban J connectivity index is 2.27. The molecule has 1 aliphatic rings. The Labute approximate surface area is 123 Å². The molecule has 0 fully saturated rings. The van der Waals surface area contributed by atoms with Crippen molar-refractivity contribution >= 4 is 27.5 Å². The van der Waals surface area contributed by atoms with Crippen LogP contribution in [0.4, 0.5) is 5.69 Å². The van der Waals surface area contributed by atoms with Gasteiger partial charge in [-0.25, -0.2) is 13.2 Å². The number of Topliss-reactive ketones (excluding diaryl/α,β-unsaturated/α-hetero) is 1. The molecule has 21 heavy (non-hydrogen) atoms. The minimum absolute atomic E-state index is 0.232. The summed E-state index contributed by atoms with van der Waals surface area (Å²) in [6, 6.07) is 4.76. The number of fused-ring (bicyclic) bond motifs is 1. The second-order valence-electron chi connectivity index (χ2n) is 5.06. The van der Waals surface area contributed by atoms with Crippen LogP contribution >= 0.6 is 0 Å². The van der Waals surface area contributed by atoms with Crippen LogP contribution in [0.2, 0.25) is 0 Å². The van der Waals surface area contributed by atoms with Crippen molar-refractivity contribution in [1.82, 2.24) is 0 Å². The summed E-state index contributed by atoms with van der Waals surface area (Å²) >= 11 is 0. The summed E-state index contributed by atoms with van der Waals surface area (Å²) in [6.45, 7) is 1.52. The highest BCUT2D eigenvalue weighted by Gasteiger charge is 2.24. The van der Waals surface area contributed by atoms with Crippen molar-refractivity contribution in [3.05, 3.63) is 29.3 Å². The van der Waals surface area contributed by atoms with Crippen LogP contribution < -0.4 is 4.31 Å². The normalized spacial score (nSPS) is 14.5. The molecule has 2 rings (SSSR count). The van der Waals surface area contributed by atoms with E-state index in [1.54, 1.807) is 12.1 Å². The maximum atomic E-state index is 11.8. The number of hydrogen-bond acceptors (Lipinski definition) is 5. The number of sulfonamides is 1. The fraction of sp³-hybridized carbons (Fsp3) is 0.429. The zero-order chi connectivity index (χ0) is 15.6. The first kappa shape index (κ1) is 15.5. The van der Waals surface area contributed by atoms with Gasteiger partial charge in [-0.1, -0.05) is 0 Å². The molecule has 7 heteroatoms. The van der Waals surface area contributed by atoms with Crippen LogP contribution in [0.15, 0.2) is 18.2 Å². The summed E-state index contributed by atoms with van der Waals surface area (Å²) in [5.74, 6) is -0.811. The molecule has 1 heterocycles. The molecule has 0 spiro atoms. The van der Waals surface area contributed by atoms with Crippen LogP contribution in [0.25, 0.3) is 0 Å². The van der Waals surface area contributed by atoms with Crippen molar-refractivity contribution in [3.8, 4) is 0 Å². The number of benzene rings is 1. The van der Waals surface area contributed by atoms with E-state index in [1.165, 1.54) is 17.3 Å². The van der Waals surface area contributed by atoms with Crippen molar-refractivity contribution in [1.29, 1.82) is 0 Å². The molecular weight excluding hydrogens is 294 g/mol. The maximum absolute atomic E-state index is 11.8. The predicted octanol–water partition coefficient (Wildman–Crippen LogP) is 1.14. The molecule has 6 nitrogen and oxygen atoms in total. The van der Waals surface area contributed by atoms with Gasteiger partial charge in [-0.15, -0.1) is 0 Å². The van der Waals surface area contributed by atoms with Gasteiger partial charge >= 0.3 is 5.97 Å². The van der Waals surface area contributed by atoms with Crippen LogP contribution in [0.1, 0.15) is 29.3 Å². The van der Waals surface area contributed by atoms with E-state index in [1.807, 2.05) is 0 Å². The lowest BCUT2D eigenvalue weighted by molar-refractivity contribution is -0.120. The molecule has 0 atom stereocenters. The molecule has 0 N–H and O–H groups in total. The third-order valence-corrected chi connectivity index (χ3v) is 4.38. The van der Waals surface area contributed by atoms with E-state index in [0.717, 1.165) is 11.8 Å². The predicted molar refractivity (Wildman–Crippen MR) is 77.9 cm³/mol. The van der Waals surface area contributed by atoms with E-state index in [9.17, 15) is 18.0 Å². The Hall–Kier alpha value is -1.89. The number of nitrogens with zero attached hydrogens (tertiary/aromatic N) is 1. The van der Waals surface area contributed by atoms with Crippen molar-refractivity contribution < 1.29 is 22.7 Å². The highest BCUT2D eigenvalue weighted by Crippen LogP contribution is 2.30. The number of rotatable bonds is 4. The highest BCUT2D eigenvalue weighted by atomic mass is 32.2. The molecule has 0 amide bonds. The Kier molecular flexibility index (Phi) is 4.32. The molecule has 0 radical (unpaired) electrons. The van der Waals surface area contributed by atoms with Gasteiger partial charge in [0.05, 0.1) is 17.5 Å². The van der Waals surface area contributed by atoms with Gasteiger partial charge in [-0.2, -0.15) is 0 Å². The van der Waals surface area contributed by atoms with Gasteiger partial charge in [0, 0.05) is 6.54 Å². The van der Waals surface area contributed by atoms with Gasteiger partial charge in [-0.05, 0) is 43.5 Å². The number of ether oxygens (including phenoxy) is 1. The largest absolute Gasteiger partial charge is 0.454 e. The second-order valence-corrected chi connectivity index (χ2v) is 6.97. The van der Waals surface area contributed by atoms with Crippen LogP contribution in [0, 0.1) is 0 Å². The highest BCUT2D eigenvalue weighted by molar-refractivity contribution is 7.92. The SMILES string of the molecule is CC(=O)COC(=O)c1ccc2c(c1)CCCN2S(C)(=O)=O. The third-order valence-electron chi connectivity index (χ3n) is 3.20. The van der Waals surface area contributed by atoms with Gasteiger partial charge in [0.1, 0.15) is 6.61 Å². The van der Waals surface area contributed by atoms with Crippen molar-refractivity contribution in [2.75, 3.05) is 23.7 Å². The number of ketones is 1. The number of esters is 1. The first-order valence-corrected chi connectivity index (χ1v) is 8.41. The Morgan fingerprint density at radius 1 is 1.33 bits per heavy atom. The van der Waals surface area contributed by atoms with Crippen molar-refractivity contribution in [2.45, 2.75) is 19.8 Å². The molecule has 1 aromatic carbocycles. The quantitative estimate of drug-likeness (QED) is 0.779. The standard InChI is InChI=1S/C14H17NO5S/c1-10(16)9-20-14(17)12-5-6-13-11(8-12)4-3-7-15(13)21(2,18)19/h5-6,8H,3-4,7,9H2,1-2H3. The average Bonchev–Trinajstić information content (AvgIpc) is 2.42. The summed E-state index contributed by atoms with van der Waals surface area (Å²) in [6.07, 6.45) is 2.57. The molecule has 114 valence electrons. The summed E-state index contributed by atoms with van der Waals surface area (Å²) in [5, 5.41) is 0. The zero-order valence-corrected chi connectivity index (χ0v) is 12.8. The van der Waals surface area contributed by atoms with Gasteiger partial charge in [0.25, 0.3) is 0 Å². The smallest absolute Gasteiger partial charge is 0.338 e. The molecule has 0 saturated heterocycles. The lowest BCUT2D eigenvalue weighted by atomic mass is 10.0. The molecule has 0 unspecified atom stereocenters. The molecule has 0 bridgehead atoms. The molecular formula is C14H17NO5S. The Bertz CT molecular complexity index is 681. The number of hydrogen-bond donors (Lipinski definition) is 0. The van der Waals surface area contributed by atoms with Crippen molar-refractivity contribution in [3.63, 3.8) is 0 Å². The zero-order valence-electron chi connectivity index (χ0n) is 12.0. The third kappa shape index (κ3) is 3.60. The van der Waals surface area contributed by atoms with E-state index in [2.05, 4.69) is 0 Å². The van der Waals surface area contributed by atoms with Gasteiger partial charge in [-0.3, -0.25) is 9.10 Å². The minimum atomic E-state index is -3.32.